The van der Waals surface area contributed by atoms with Crippen LogP contribution >= 0.6 is 0 Å². The van der Waals surface area contributed by atoms with E-state index in [0.29, 0.717) is 6.42 Å². The number of benzene rings is 1. The predicted octanol–water partition coefficient (Wildman–Crippen LogP) is 2.18. The summed E-state index contributed by atoms with van der Waals surface area (Å²) in [5.41, 5.74) is 1.10. The van der Waals surface area contributed by atoms with Crippen molar-refractivity contribution in [2.24, 2.45) is 5.92 Å². The van der Waals surface area contributed by atoms with E-state index in [0.717, 1.165) is 25.1 Å². The zero-order chi connectivity index (χ0) is 9.80. The Kier molecular flexibility index (Phi) is 3.14. The van der Waals surface area contributed by atoms with Crippen LogP contribution < -0.4 is 5.32 Å². The fourth-order valence-corrected chi connectivity index (χ4v) is 1.99. The molecule has 0 saturated carbocycles. The van der Waals surface area contributed by atoms with Gasteiger partial charge in [-0.2, -0.15) is 0 Å². The van der Waals surface area contributed by atoms with Gasteiger partial charge >= 0.3 is 0 Å². The molecule has 0 radical (unpaired) electrons. The van der Waals surface area contributed by atoms with E-state index in [1.54, 1.807) is 0 Å². The smallest absolute Gasteiger partial charge is 0.108 e. The van der Waals surface area contributed by atoms with Crippen molar-refractivity contribution in [3.05, 3.63) is 35.9 Å². The fraction of sp³-hybridized carbons (Fsp3) is 0.500. The van der Waals surface area contributed by atoms with Gasteiger partial charge in [-0.25, -0.2) is 4.39 Å². The Hall–Kier alpha value is -0.890. The minimum Gasteiger partial charge on any atom is -0.316 e. The van der Waals surface area contributed by atoms with Crippen molar-refractivity contribution in [2.75, 3.05) is 13.1 Å². The standard InChI is InChI=1S/C12H16FN/c13-12(11-6-7-14-9-11)8-10-4-2-1-3-5-10/h1-5,11-12,14H,6-9H2. The van der Waals surface area contributed by atoms with Gasteiger partial charge in [0.05, 0.1) is 0 Å². The van der Waals surface area contributed by atoms with E-state index in [-0.39, 0.29) is 5.92 Å². The second kappa shape index (κ2) is 4.56. The van der Waals surface area contributed by atoms with Crippen LogP contribution in [0, 0.1) is 5.92 Å². The van der Waals surface area contributed by atoms with Gasteiger partial charge in [-0.1, -0.05) is 30.3 Å². The maximum absolute atomic E-state index is 13.8. The largest absolute Gasteiger partial charge is 0.316 e. The van der Waals surface area contributed by atoms with Crippen LogP contribution in [-0.4, -0.2) is 19.3 Å². The molecule has 2 rings (SSSR count). The Morgan fingerprint density at radius 2 is 2.14 bits per heavy atom. The molecule has 1 heterocycles. The molecule has 1 fully saturated rings. The number of nitrogens with one attached hydrogen (secondary N) is 1. The van der Waals surface area contributed by atoms with Crippen LogP contribution in [0.2, 0.25) is 0 Å². The summed E-state index contributed by atoms with van der Waals surface area (Å²) in [6, 6.07) is 9.89. The molecule has 1 aliphatic rings. The van der Waals surface area contributed by atoms with Gasteiger partial charge in [0, 0.05) is 18.9 Å². The van der Waals surface area contributed by atoms with Gasteiger partial charge in [0.1, 0.15) is 6.17 Å². The number of hydrogen-bond donors (Lipinski definition) is 1. The van der Waals surface area contributed by atoms with Gasteiger partial charge in [0.25, 0.3) is 0 Å². The molecule has 2 unspecified atom stereocenters. The summed E-state index contributed by atoms with van der Waals surface area (Å²) in [6.07, 6.45) is 0.855. The number of hydrogen-bond acceptors (Lipinski definition) is 1. The summed E-state index contributed by atoms with van der Waals surface area (Å²) in [5.74, 6) is 0.218. The molecular weight excluding hydrogens is 177 g/mol. The minimum absolute atomic E-state index is 0.218. The zero-order valence-corrected chi connectivity index (χ0v) is 8.25. The van der Waals surface area contributed by atoms with E-state index in [4.69, 9.17) is 0 Å². The van der Waals surface area contributed by atoms with Crippen LogP contribution in [0.15, 0.2) is 30.3 Å². The van der Waals surface area contributed by atoms with E-state index in [2.05, 4.69) is 5.32 Å². The Morgan fingerprint density at radius 1 is 1.36 bits per heavy atom. The van der Waals surface area contributed by atoms with Gasteiger partial charge in [-0.05, 0) is 18.5 Å². The lowest BCUT2D eigenvalue weighted by Crippen LogP contribution is -2.21. The van der Waals surface area contributed by atoms with Crippen molar-refractivity contribution in [1.29, 1.82) is 0 Å². The maximum atomic E-state index is 13.8. The van der Waals surface area contributed by atoms with Crippen molar-refractivity contribution < 1.29 is 4.39 Å². The van der Waals surface area contributed by atoms with E-state index in [1.165, 1.54) is 0 Å². The lowest BCUT2D eigenvalue weighted by molar-refractivity contribution is 0.240. The molecule has 0 aromatic heterocycles. The highest BCUT2D eigenvalue weighted by Gasteiger charge is 2.24. The van der Waals surface area contributed by atoms with Crippen molar-refractivity contribution >= 4 is 0 Å². The molecule has 0 amide bonds. The van der Waals surface area contributed by atoms with Crippen molar-refractivity contribution in [2.45, 2.75) is 19.0 Å². The van der Waals surface area contributed by atoms with Crippen LogP contribution in [0.3, 0.4) is 0 Å². The van der Waals surface area contributed by atoms with E-state index < -0.39 is 6.17 Å². The Labute approximate surface area is 84.3 Å². The lowest BCUT2D eigenvalue weighted by atomic mass is 9.97. The number of rotatable bonds is 3. The quantitative estimate of drug-likeness (QED) is 0.775. The monoisotopic (exact) mass is 193 g/mol. The van der Waals surface area contributed by atoms with Crippen LogP contribution in [-0.2, 0) is 6.42 Å². The molecule has 0 spiro atoms. The normalized spacial score (nSPS) is 23.6. The molecule has 1 saturated heterocycles. The van der Waals surface area contributed by atoms with Crippen LogP contribution in [0.1, 0.15) is 12.0 Å². The van der Waals surface area contributed by atoms with Gasteiger partial charge in [0.15, 0.2) is 0 Å². The van der Waals surface area contributed by atoms with Crippen LogP contribution in [0.4, 0.5) is 4.39 Å². The van der Waals surface area contributed by atoms with E-state index >= 15 is 0 Å². The van der Waals surface area contributed by atoms with E-state index in [1.807, 2.05) is 30.3 Å². The first-order valence-corrected chi connectivity index (χ1v) is 5.25. The average Bonchev–Trinajstić information content (AvgIpc) is 2.72. The fourth-order valence-electron chi connectivity index (χ4n) is 1.99. The predicted molar refractivity (Wildman–Crippen MR) is 56.0 cm³/mol. The third kappa shape index (κ3) is 2.32. The highest BCUT2D eigenvalue weighted by Crippen LogP contribution is 2.19. The summed E-state index contributed by atoms with van der Waals surface area (Å²) < 4.78 is 13.8. The summed E-state index contributed by atoms with van der Waals surface area (Å²) in [6.45, 7) is 1.81. The van der Waals surface area contributed by atoms with E-state index in [9.17, 15) is 4.39 Å². The Bertz CT molecular complexity index is 267. The first-order valence-electron chi connectivity index (χ1n) is 5.25. The molecule has 0 aliphatic carbocycles. The minimum atomic E-state index is -0.688. The molecule has 2 atom stereocenters. The SMILES string of the molecule is FC(Cc1ccccc1)C1CCNC1. The van der Waals surface area contributed by atoms with Crippen LogP contribution in [0.25, 0.3) is 0 Å². The lowest BCUT2D eigenvalue weighted by Gasteiger charge is -2.14. The molecule has 0 bridgehead atoms. The summed E-state index contributed by atoms with van der Waals surface area (Å²) in [4.78, 5) is 0. The first-order chi connectivity index (χ1) is 6.86. The van der Waals surface area contributed by atoms with Crippen molar-refractivity contribution in [3.8, 4) is 0 Å². The molecular formula is C12H16FN. The van der Waals surface area contributed by atoms with Gasteiger partial charge in [-0.3, -0.25) is 0 Å². The number of halogens is 1. The Morgan fingerprint density at radius 3 is 2.79 bits per heavy atom. The molecule has 1 N–H and O–H groups in total. The Balaban J connectivity index is 1.90. The molecule has 1 aromatic carbocycles. The second-order valence-corrected chi connectivity index (χ2v) is 3.96. The highest BCUT2D eigenvalue weighted by atomic mass is 19.1. The van der Waals surface area contributed by atoms with Gasteiger partial charge < -0.3 is 5.32 Å². The molecule has 1 nitrogen and oxygen atoms in total. The first kappa shape index (κ1) is 9.66. The van der Waals surface area contributed by atoms with Crippen molar-refractivity contribution in [1.82, 2.24) is 5.32 Å². The molecule has 14 heavy (non-hydrogen) atoms. The summed E-state index contributed by atoms with van der Waals surface area (Å²) in [7, 11) is 0. The van der Waals surface area contributed by atoms with Gasteiger partial charge in [0.2, 0.25) is 0 Å². The molecule has 1 aliphatic heterocycles. The zero-order valence-electron chi connectivity index (χ0n) is 8.25. The third-order valence-corrected chi connectivity index (χ3v) is 2.88. The maximum Gasteiger partial charge on any atom is 0.108 e. The molecule has 76 valence electrons. The average molecular weight is 193 g/mol. The molecule has 1 aromatic rings. The third-order valence-electron chi connectivity index (χ3n) is 2.88. The van der Waals surface area contributed by atoms with Crippen molar-refractivity contribution in [3.63, 3.8) is 0 Å². The van der Waals surface area contributed by atoms with Crippen LogP contribution in [0.5, 0.6) is 0 Å². The summed E-state index contributed by atoms with van der Waals surface area (Å²) >= 11 is 0. The topological polar surface area (TPSA) is 12.0 Å². The number of alkyl halides is 1. The summed E-state index contributed by atoms with van der Waals surface area (Å²) in [5, 5.41) is 3.20. The van der Waals surface area contributed by atoms with Gasteiger partial charge in [-0.15, -0.1) is 0 Å². The highest BCUT2D eigenvalue weighted by molar-refractivity contribution is 5.15. The molecule has 2 heteroatoms. The second-order valence-electron chi connectivity index (χ2n) is 3.96.